The van der Waals surface area contributed by atoms with E-state index in [1.165, 1.54) is 18.9 Å². The van der Waals surface area contributed by atoms with Gasteiger partial charge in [-0.15, -0.1) is 0 Å². The zero-order valence-corrected chi connectivity index (χ0v) is 15.2. The molecule has 1 N–H and O–H groups in total. The second kappa shape index (κ2) is 8.51. The molecule has 4 nitrogen and oxygen atoms in total. The van der Waals surface area contributed by atoms with Crippen LogP contribution in [0.2, 0.25) is 0 Å². The Balaban J connectivity index is 1.80. The van der Waals surface area contributed by atoms with E-state index in [-0.39, 0.29) is 11.4 Å². The van der Waals surface area contributed by atoms with E-state index in [0.717, 1.165) is 38.2 Å². The first-order valence-corrected chi connectivity index (χ1v) is 10.1. The number of nitrogens with zero attached hydrogens (tertiary/aromatic N) is 1. The maximum atomic E-state index is 12.7. The van der Waals surface area contributed by atoms with Crippen molar-refractivity contribution in [2.24, 2.45) is 5.92 Å². The van der Waals surface area contributed by atoms with E-state index in [4.69, 9.17) is 0 Å². The lowest BCUT2D eigenvalue weighted by atomic mass is 10.0. The molecule has 0 spiro atoms. The van der Waals surface area contributed by atoms with Gasteiger partial charge in [-0.05, 0) is 62.9 Å². The summed E-state index contributed by atoms with van der Waals surface area (Å²) in [5.41, 5.74) is -0.963. The molecule has 1 aromatic rings. The molecule has 1 heterocycles. The van der Waals surface area contributed by atoms with Crippen LogP contribution in [0.15, 0.2) is 29.2 Å². The molecule has 1 aliphatic rings. The topological polar surface area (TPSA) is 49.4 Å². The summed E-state index contributed by atoms with van der Waals surface area (Å²) in [6.45, 7) is 5.54. The van der Waals surface area contributed by atoms with Crippen molar-refractivity contribution < 1.29 is 21.6 Å². The number of alkyl halides is 3. The van der Waals surface area contributed by atoms with Gasteiger partial charge in [-0.3, -0.25) is 0 Å². The first-order valence-electron chi connectivity index (χ1n) is 8.58. The molecule has 1 aromatic carbocycles. The molecule has 0 saturated carbocycles. The maximum Gasteiger partial charge on any atom is 0.416 e. The normalized spacial score (nSPS) is 19.9. The molecule has 2 rings (SSSR count). The van der Waals surface area contributed by atoms with E-state index in [9.17, 15) is 21.6 Å². The maximum absolute atomic E-state index is 12.7. The van der Waals surface area contributed by atoms with Gasteiger partial charge in [0.2, 0.25) is 10.0 Å². The Labute approximate surface area is 147 Å². The van der Waals surface area contributed by atoms with Crippen LogP contribution in [-0.2, 0) is 16.2 Å². The number of unbranched alkanes of at least 4 members (excludes halogenated alkanes) is 1. The summed E-state index contributed by atoms with van der Waals surface area (Å²) >= 11 is 0. The third-order valence-corrected chi connectivity index (χ3v) is 5.86. The fourth-order valence-electron chi connectivity index (χ4n) is 3.08. The highest BCUT2D eigenvalue weighted by Gasteiger charge is 2.31. The van der Waals surface area contributed by atoms with E-state index in [2.05, 4.69) is 16.5 Å². The average molecular weight is 378 g/mol. The molecule has 0 unspecified atom stereocenters. The van der Waals surface area contributed by atoms with Gasteiger partial charge >= 0.3 is 6.18 Å². The fourth-order valence-corrected chi connectivity index (χ4v) is 4.20. The number of rotatable bonds is 7. The molecular formula is C17H25F3N2O2S. The van der Waals surface area contributed by atoms with Crippen molar-refractivity contribution in [1.82, 2.24) is 9.62 Å². The summed E-state index contributed by atoms with van der Waals surface area (Å²) in [5, 5.41) is 0. The number of piperidine rings is 1. The summed E-state index contributed by atoms with van der Waals surface area (Å²) in [7, 11) is -3.92. The monoisotopic (exact) mass is 378 g/mol. The number of hydrogen-bond acceptors (Lipinski definition) is 3. The Morgan fingerprint density at radius 1 is 1.28 bits per heavy atom. The summed E-state index contributed by atoms with van der Waals surface area (Å²) in [5.74, 6) is 0.702. The SMILES string of the molecule is C[C@H]1CCCN(CCCCNS(=O)(=O)c2cccc(C(F)(F)F)c2)C1. The summed E-state index contributed by atoms with van der Waals surface area (Å²) in [4.78, 5) is 2.03. The predicted molar refractivity (Wildman–Crippen MR) is 90.7 cm³/mol. The molecule has 0 radical (unpaired) electrons. The minimum Gasteiger partial charge on any atom is -0.303 e. The summed E-state index contributed by atoms with van der Waals surface area (Å²) < 4.78 is 64.7. The van der Waals surface area contributed by atoms with Gasteiger partial charge in [-0.2, -0.15) is 13.2 Å². The number of sulfonamides is 1. The van der Waals surface area contributed by atoms with E-state index in [0.29, 0.717) is 18.4 Å². The van der Waals surface area contributed by atoms with Gasteiger partial charge in [0.1, 0.15) is 0 Å². The predicted octanol–water partition coefficient (Wildman–Crippen LogP) is 3.50. The van der Waals surface area contributed by atoms with Gasteiger partial charge in [-0.25, -0.2) is 13.1 Å². The van der Waals surface area contributed by atoms with Crippen LogP contribution >= 0.6 is 0 Å². The zero-order valence-electron chi connectivity index (χ0n) is 14.3. The third kappa shape index (κ3) is 6.27. The number of nitrogens with one attached hydrogen (secondary N) is 1. The number of hydrogen-bond donors (Lipinski definition) is 1. The molecule has 142 valence electrons. The highest BCUT2D eigenvalue weighted by molar-refractivity contribution is 7.89. The van der Waals surface area contributed by atoms with Crippen molar-refractivity contribution in [1.29, 1.82) is 0 Å². The minimum atomic E-state index is -4.56. The van der Waals surface area contributed by atoms with E-state index in [1.807, 2.05) is 0 Å². The molecule has 1 atom stereocenters. The van der Waals surface area contributed by atoms with E-state index < -0.39 is 21.8 Å². The van der Waals surface area contributed by atoms with Gasteiger partial charge in [0, 0.05) is 13.1 Å². The van der Waals surface area contributed by atoms with Crippen LogP contribution in [-0.4, -0.2) is 39.5 Å². The minimum absolute atomic E-state index is 0.224. The smallest absolute Gasteiger partial charge is 0.303 e. The van der Waals surface area contributed by atoms with Crippen molar-refractivity contribution in [2.45, 2.75) is 43.7 Å². The molecule has 0 aliphatic carbocycles. The van der Waals surface area contributed by atoms with Crippen LogP contribution in [0, 0.1) is 5.92 Å². The quantitative estimate of drug-likeness (QED) is 0.739. The highest BCUT2D eigenvalue weighted by Crippen LogP contribution is 2.30. The van der Waals surface area contributed by atoms with Crippen molar-refractivity contribution in [3.63, 3.8) is 0 Å². The standard InChI is InChI=1S/C17H25F3N2O2S/c1-14-6-5-11-22(13-14)10-3-2-9-21-25(23,24)16-8-4-7-15(12-16)17(18,19)20/h4,7-8,12,14,21H,2-3,5-6,9-11,13H2,1H3/t14-/m0/s1. The second-order valence-corrected chi connectivity index (χ2v) is 8.45. The van der Waals surface area contributed by atoms with Gasteiger partial charge in [0.05, 0.1) is 10.5 Å². The lowest BCUT2D eigenvalue weighted by molar-refractivity contribution is -0.137. The molecule has 1 aliphatic heterocycles. The van der Waals surface area contributed by atoms with Crippen LogP contribution in [0.25, 0.3) is 0 Å². The third-order valence-electron chi connectivity index (χ3n) is 4.41. The molecule has 0 aromatic heterocycles. The van der Waals surface area contributed by atoms with Crippen molar-refractivity contribution in [3.05, 3.63) is 29.8 Å². The second-order valence-electron chi connectivity index (χ2n) is 6.68. The van der Waals surface area contributed by atoms with Crippen LogP contribution in [0.5, 0.6) is 0 Å². The van der Waals surface area contributed by atoms with Crippen molar-refractivity contribution >= 4 is 10.0 Å². The van der Waals surface area contributed by atoms with Crippen LogP contribution < -0.4 is 4.72 Å². The first kappa shape index (κ1) is 20.2. The molecule has 25 heavy (non-hydrogen) atoms. The van der Waals surface area contributed by atoms with Gasteiger partial charge in [0.25, 0.3) is 0 Å². The zero-order chi connectivity index (χ0) is 18.5. The van der Waals surface area contributed by atoms with Gasteiger partial charge in [-0.1, -0.05) is 13.0 Å². The number of likely N-dealkylation sites (tertiary alicyclic amines) is 1. The number of benzene rings is 1. The largest absolute Gasteiger partial charge is 0.416 e. The summed E-state index contributed by atoms with van der Waals surface area (Å²) in [6, 6.07) is 3.80. The Kier molecular flexibility index (Phi) is 6.87. The van der Waals surface area contributed by atoms with Gasteiger partial charge < -0.3 is 4.90 Å². The molecule has 1 saturated heterocycles. The van der Waals surface area contributed by atoms with E-state index >= 15 is 0 Å². The highest BCUT2D eigenvalue weighted by atomic mass is 32.2. The summed E-state index contributed by atoms with van der Waals surface area (Å²) in [6.07, 6.45) is -0.589. The van der Waals surface area contributed by atoms with Crippen LogP contribution in [0.4, 0.5) is 13.2 Å². The fraction of sp³-hybridized carbons (Fsp3) is 0.647. The Morgan fingerprint density at radius 2 is 2.04 bits per heavy atom. The Bertz CT molecular complexity index is 662. The van der Waals surface area contributed by atoms with Crippen molar-refractivity contribution in [2.75, 3.05) is 26.2 Å². The van der Waals surface area contributed by atoms with Gasteiger partial charge in [0.15, 0.2) is 0 Å². The molecule has 8 heteroatoms. The lowest BCUT2D eigenvalue weighted by Gasteiger charge is -2.30. The number of halogens is 3. The Morgan fingerprint density at radius 3 is 2.72 bits per heavy atom. The Hall–Kier alpha value is -1.12. The van der Waals surface area contributed by atoms with Crippen LogP contribution in [0.1, 0.15) is 38.2 Å². The molecule has 1 fully saturated rings. The molecule has 0 amide bonds. The van der Waals surface area contributed by atoms with Crippen LogP contribution in [0.3, 0.4) is 0 Å². The van der Waals surface area contributed by atoms with Crippen molar-refractivity contribution in [3.8, 4) is 0 Å². The average Bonchev–Trinajstić information content (AvgIpc) is 2.54. The lowest BCUT2D eigenvalue weighted by Crippen LogP contribution is -2.35. The first-order chi connectivity index (χ1) is 11.7. The molecular weight excluding hydrogens is 353 g/mol. The molecule has 0 bridgehead atoms. The van der Waals surface area contributed by atoms with E-state index in [1.54, 1.807) is 0 Å².